The Kier molecular flexibility index (Phi) is 103. The molecule has 0 heterocycles. The van der Waals surface area contributed by atoms with Crippen LogP contribution in [0.25, 0.3) is 0 Å². The van der Waals surface area contributed by atoms with Crippen LogP contribution >= 0.6 is 0 Å². The monoisotopic (exact) mass is 754 g/mol. The van der Waals surface area contributed by atoms with Crippen molar-refractivity contribution in [3.63, 3.8) is 0 Å². The van der Waals surface area contributed by atoms with Gasteiger partial charge in [0.25, 0.3) is 0 Å². The molecule has 4 heteroatoms. The molecule has 0 spiro atoms. The van der Waals surface area contributed by atoms with Crippen molar-refractivity contribution in [2.24, 2.45) is 0 Å². The molecule has 0 rings (SSSR count). The minimum absolute atomic E-state index is 0. The SMILES string of the molecule is [BiH3].[PbH2].[PbH2].[SnH2]. The molecule has 0 unspecified atom stereocenters. The van der Waals surface area contributed by atoms with Crippen molar-refractivity contribution in [1.82, 2.24) is 0 Å². The molecule has 0 saturated carbocycles. The van der Waals surface area contributed by atoms with E-state index in [9.17, 15) is 0 Å². The summed E-state index contributed by atoms with van der Waals surface area (Å²) in [6.45, 7) is 0. The summed E-state index contributed by atoms with van der Waals surface area (Å²) in [6, 6.07) is 0. The van der Waals surface area contributed by atoms with Crippen molar-refractivity contribution < 1.29 is 0 Å². The van der Waals surface area contributed by atoms with Crippen molar-refractivity contribution in [3.05, 3.63) is 0 Å². The average molecular weight is 751 g/mol. The fraction of sp³-hybridized carbons (Fsp3) is 0. The molecular weight excluding hydrogens is 742 g/mol. The fourth-order valence-electron chi connectivity index (χ4n) is 0. The Morgan fingerprint density at radius 3 is 0.750 bits per heavy atom. The van der Waals surface area contributed by atoms with Gasteiger partial charge in [0.05, 0.1) is 0 Å². The van der Waals surface area contributed by atoms with Crippen molar-refractivity contribution in [2.75, 3.05) is 0 Å². The molecule has 0 aromatic rings. The Hall–Kier alpha value is 3.53. The van der Waals surface area contributed by atoms with E-state index in [0.717, 1.165) is 0 Å². The molecule has 6 radical (unpaired) electrons. The first kappa shape index (κ1) is 25.8. The predicted octanol–water partition coefficient (Wildman–Crippen LogP) is -3.93. The van der Waals surface area contributed by atoms with E-state index in [1.54, 1.807) is 0 Å². The molecule has 0 nitrogen and oxygen atoms in total. The molecule has 0 aromatic carbocycles. The molecule has 0 saturated heterocycles. The molecule has 0 aliphatic heterocycles. The fourth-order valence-corrected chi connectivity index (χ4v) is 0. The summed E-state index contributed by atoms with van der Waals surface area (Å²) < 4.78 is 0. The Morgan fingerprint density at radius 2 is 0.750 bits per heavy atom. The van der Waals surface area contributed by atoms with E-state index < -0.39 is 0 Å². The molecule has 0 bridgehead atoms. The van der Waals surface area contributed by atoms with Gasteiger partial charge in [0.15, 0.2) is 0 Å². The van der Waals surface area contributed by atoms with Gasteiger partial charge in [-0.25, -0.2) is 0 Å². The van der Waals surface area contributed by atoms with Crippen LogP contribution < -0.4 is 0 Å². The van der Waals surface area contributed by atoms with Gasteiger partial charge in [-0.2, -0.15) is 0 Å². The zero-order valence-corrected chi connectivity index (χ0v) is 23.4. The zero-order valence-electron chi connectivity index (χ0n) is 2.83. The van der Waals surface area contributed by atoms with Crippen LogP contribution in [-0.2, 0) is 0 Å². The van der Waals surface area contributed by atoms with Crippen LogP contribution in [-0.4, -0.2) is 105 Å². The van der Waals surface area contributed by atoms with Gasteiger partial charge in [-0.1, -0.05) is 0 Å². The molecule has 0 N–H and O–H groups in total. The third-order valence-electron chi connectivity index (χ3n) is 0. The first-order valence-electron chi connectivity index (χ1n) is 0. The third kappa shape index (κ3) is 9.10. The van der Waals surface area contributed by atoms with E-state index >= 15 is 0 Å². The van der Waals surface area contributed by atoms with E-state index in [-0.39, 0.29) is 105 Å². The summed E-state index contributed by atoms with van der Waals surface area (Å²) in [5.41, 5.74) is 0. The van der Waals surface area contributed by atoms with Gasteiger partial charge in [0, 0.05) is 0 Å². The molecule has 4 heavy (non-hydrogen) atoms. The van der Waals surface area contributed by atoms with E-state index in [1.165, 1.54) is 0 Å². The predicted molar refractivity (Wildman–Crippen MR) is 35.6 cm³/mol. The molecule has 0 amide bonds. The Labute approximate surface area is 102 Å². The molecule has 0 aliphatic carbocycles. The standard InChI is InChI=1S/Bi.2Pb.Sn.9H. The van der Waals surface area contributed by atoms with E-state index in [2.05, 4.69) is 0 Å². The first-order valence-corrected chi connectivity index (χ1v) is 0. The second-order valence-electron chi connectivity index (χ2n) is 0. The minimum atomic E-state index is 0. The summed E-state index contributed by atoms with van der Waals surface area (Å²) in [6.07, 6.45) is 0. The van der Waals surface area contributed by atoms with E-state index in [0.29, 0.717) is 0 Å². The number of hydrogen-bond donors (Lipinski definition) is 0. The molecule has 0 atom stereocenters. The van der Waals surface area contributed by atoms with Crippen molar-refractivity contribution >= 4 is 105 Å². The topological polar surface area (TPSA) is 0 Å². The van der Waals surface area contributed by atoms with Gasteiger partial charge in [-0.3, -0.25) is 0 Å². The number of hydrogen-bond acceptors (Lipinski definition) is 0. The van der Waals surface area contributed by atoms with Crippen LogP contribution in [0.2, 0.25) is 0 Å². The van der Waals surface area contributed by atoms with E-state index in [4.69, 9.17) is 0 Å². The van der Waals surface area contributed by atoms with E-state index in [1.807, 2.05) is 0 Å². The van der Waals surface area contributed by atoms with Crippen molar-refractivity contribution in [3.8, 4) is 0 Å². The van der Waals surface area contributed by atoms with Crippen LogP contribution in [0.3, 0.4) is 0 Å². The van der Waals surface area contributed by atoms with Gasteiger partial charge in [-0.15, -0.1) is 0 Å². The molecule has 0 aromatic heterocycles. The van der Waals surface area contributed by atoms with Crippen LogP contribution in [0, 0.1) is 0 Å². The van der Waals surface area contributed by atoms with Gasteiger partial charge in [0.2, 0.25) is 0 Å². The zero-order chi connectivity index (χ0) is 0. The summed E-state index contributed by atoms with van der Waals surface area (Å²) in [5, 5.41) is 0. The van der Waals surface area contributed by atoms with Crippen LogP contribution in [0.5, 0.6) is 0 Å². The van der Waals surface area contributed by atoms with Gasteiger partial charge in [-0.05, 0) is 0 Å². The maximum atomic E-state index is 0. The number of rotatable bonds is 0. The van der Waals surface area contributed by atoms with Crippen LogP contribution in [0.15, 0.2) is 0 Å². The van der Waals surface area contributed by atoms with Crippen molar-refractivity contribution in [1.29, 1.82) is 0 Å². The normalized spacial score (nSPS) is 0. The summed E-state index contributed by atoms with van der Waals surface area (Å²) in [5.74, 6) is 0. The molecular formula is H9BiPb2Sn. The Bertz CT molecular complexity index is 6.00. The van der Waals surface area contributed by atoms with Gasteiger partial charge in [0.1, 0.15) is 0 Å². The van der Waals surface area contributed by atoms with Gasteiger partial charge >= 0.3 is 105 Å². The average Bonchev–Trinajstić information content (AvgIpc) is 0. The summed E-state index contributed by atoms with van der Waals surface area (Å²) in [7, 11) is 0. The van der Waals surface area contributed by atoms with Crippen molar-refractivity contribution in [2.45, 2.75) is 0 Å². The Morgan fingerprint density at radius 1 is 0.750 bits per heavy atom. The van der Waals surface area contributed by atoms with Crippen LogP contribution in [0.4, 0.5) is 0 Å². The molecule has 26 valence electrons. The maximum absolute atomic E-state index is 0. The third-order valence-corrected chi connectivity index (χ3v) is 0. The van der Waals surface area contributed by atoms with Crippen LogP contribution in [0.1, 0.15) is 0 Å². The molecule has 0 aliphatic rings. The molecule has 0 fully saturated rings. The summed E-state index contributed by atoms with van der Waals surface area (Å²) in [4.78, 5) is 0. The second-order valence-corrected chi connectivity index (χ2v) is 0. The van der Waals surface area contributed by atoms with Gasteiger partial charge < -0.3 is 0 Å². The second kappa shape index (κ2) is 16.0. The Balaban J connectivity index is 0. The first-order chi connectivity index (χ1) is 0. The quantitative estimate of drug-likeness (QED) is 0.222. The summed E-state index contributed by atoms with van der Waals surface area (Å²) >= 11 is 0.